The van der Waals surface area contributed by atoms with Gasteiger partial charge >= 0.3 is 0 Å². The van der Waals surface area contributed by atoms with Crippen molar-refractivity contribution in [1.82, 2.24) is 0 Å². The van der Waals surface area contributed by atoms with Gasteiger partial charge in [0.15, 0.2) is 5.78 Å². The summed E-state index contributed by atoms with van der Waals surface area (Å²) in [6.45, 7) is 0. The Labute approximate surface area is 118 Å². The summed E-state index contributed by atoms with van der Waals surface area (Å²) in [6, 6.07) is 11.1. The molecule has 0 aliphatic heterocycles. The van der Waals surface area contributed by atoms with Crippen molar-refractivity contribution in [2.75, 3.05) is 0 Å². The average Bonchev–Trinajstić information content (AvgIpc) is 2.34. The van der Waals surface area contributed by atoms with Gasteiger partial charge in [-0.05, 0) is 35.9 Å². The zero-order valence-electron chi connectivity index (χ0n) is 9.29. The number of rotatable bonds is 3. The maximum Gasteiger partial charge on any atom is 0.168 e. The fraction of sp³-hybridized carbons (Fsp3) is 0.0714. The molecule has 1 nitrogen and oxygen atoms in total. The van der Waals surface area contributed by atoms with Crippen molar-refractivity contribution in [2.45, 2.75) is 6.42 Å². The highest BCUT2D eigenvalue weighted by Gasteiger charge is 2.12. The van der Waals surface area contributed by atoms with Gasteiger partial charge in [-0.15, -0.1) is 0 Å². The van der Waals surface area contributed by atoms with E-state index in [0.29, 0.717) is 20.6 Å². The minimum absolute atomic E-state index is 0.113. The van der Waals surface area contributed by atoms with Crippen LogP contribution in [0.25, 0.3) is 0 Å². The lowest BCUT2D eigenvalue weighted by Crippen LogP contribution is -2.05. The quantitative estimate of drug-likeness (QED) is 0.749. The van der Waals surface area contributed by atoms with E-state index in [1.165, 1.54) is 12.1 Å². The molecular formula is C14H9BrClFO. The summed E-state index contributed by atoms with van der Waals surface area (Å²) in [5, 5.41) is 0.412. The van der Waals surface area contributed by atoms with Gasteiger partial charge in [-0.2, -0.15) is 0 Å². The number of carbonyl (C=O) groups excluding carboxylic acids is 1. The predicted molar refractivity (Wildman–Crippen MR) is 73.6 cm³/mol. The molecule has 0 saturated carbocycles. The molecule has 18 heavy (non-hydrogen) atoms. The molecule has 0 bridgehead atoms. The second-order valence-electron chi connectivity index (χ2n) is 3.82. The van der Waals surface area contributed by atoms with Crippen LogP contribution in [0.2, 0.25) is 5.02 Å². The molecule has 92 valence electrons. The largest absolute Gasteiger partial charge is 0.294 e. The minimum atomic E-state index is -0.361. The Kier molecular flexibility index (Phi) is 4.15. The Balaban J connectivity index is 2.27. The summed E-state index contributed by atoms with van der Waals surface area (Å²) < 4.78 is 13.8. The van der Waals surface area contributed by atoms with Crippen molar-refractivity contribution in [2.24, 2.45) is 0 Å². The molecular weight excluding hydrogens is 319 g/mol. The van der Waals surface area contributed by atoms with Gasteiger partial charge in [-0.1, -0.05) is 39.7 Å². The second kappa shape index (κ2) is 5.63. The van der Waals surface area contributed by atoms with E-state index < -0.39 is 0 Å². The Bertz CT molecular complexity index is 598. The summed E-state index contributed by atoms with van der Waals surface area (Å²) in [5.74, 6) is -0.493. The molecule has 0 N–H and O–H groups in total. The number of carbonyl (C=O) groups is 1. The van der Waals surface area contributed by atoms with Crippen LogP contribution in [0.3, 0.4) is 0 Å². The first-order chi connectivity index (χ1) is 8.58. The fourth-order valence-corrected chi connectivity index (χ4v) is 2.26. The highest BCUT2D eigenvalue weighted by atomic mass is 79.9. The number of hydrogen-bond acceptors (Lipinski definition) is 1. The van der Waals surface area contributed by atoms with Gasteiger partial charge in [0, 0.05) is 16.5 Å². The first kappa shape index (κ1) is 13.2. The molecule has 2 rings (SSSR count). The lowest BCUT2D eigenvalue weighted by molar-refractivity contribution is 0.0993. The van der Waals surface area contributed by atoms with E-state index in [1.807, 2.05) is 0 Å². The van der Waals surface area contributed by atoms with E-state index in [0.717, 1.165) is 0 Å². The van der Waals surface area contributed by atoms with Crippen LogP contribution < -0.4 is 0 Å². The third-order valence-electron chi connectivity index (χ3n) is 2.53. The smallest absolute Gasteiger partial charge is 0.168 e. The topological polar surface area (TPSA) is 17.1 Å². The van der Waals surface area contributed by atoms with Gasteiger partial charge < -0.3 is 0 Å². The molecule has 0 atom stereocenters. The van der Waals surface area contributed by atoms with Crippen molar-refractivity contribution < 1.29 is 9.18 Å². The fourth-order valence-electron chi connectivity index (χ4n) is 1.63. The van der Waals surface area contributed by atoms with E-state index in [9.17, 15) is 9.18 Å². The maximum absolute atomic E-state index is 13.1. The molecule has 0 spiro atoms. The number of Topliss-reactive ketones (excluding diaryl/α,β-unsaturated/α-hetero) is 1. The van der Waals surface area contributed by atoms with Crippen LogP contribution in [0, 0.1) is 5.82 Å². The molecule has 2 aromatic rings. The normalized spacial score (nSPS) is 10.4. The van der Waals surface area contributed by atoms with Crippen LogP contribution >= 0.6 is 27.5 Å². The van der Waals surface area contributed by atoms with E-state index >= 15 is 0 Å². The van der Waals surface area contributed by atoms with Gasteiger partial charge in [0.1, 0.15) is 5.82 Å². The van der Waals surface area contributed by atoms with Crippen molar-refractivity contribution >= 4 is 33.3 Å². The van der Waals surface area contributed by atoms with Crippen LogP contribution in [-0.4, -0.2) is 5.78 Å². The van der Waals surface area contributed by atoms with Gasteiger partial charge in [0.25, 0.3) is 0 Å². The third-order valence-corrected chi connectivity index (χ3v) is 3.64. The van der Waals surface area contributed by atoms with Gasteiger partial charge in [0.05, 0.1) is 5.02 Å². The standard InChI is InChI=1S/C14H9BrClFO/c15-12-6-5-10(17)7-9(12)8-14(18)11-3-1-2-4-13(11)16/h1-7H,8H2. The number of halogens is 3. The zero-order valence-corrected chi connectivity index (χ0v) is 11.6. The van der Waals surface area contributed by atoms with Gasteiger partial charge in [-0.3, -0.25) is 4.79 Å². The van der Waals surface area contributed by atoms with Crippen LogP contribution in [0.15, 0.2) is 46.9 Å². The maximum atomic E-state index is 13.1. The molecule has 0 unspecified atom stereocenters. The molecule has 2 aromatic carbocycles. The molecule has 0 heterocycles. The Morgan fingerprint density at radius 2 is 1.94 bits per heavy atom. The van der Waals surface area contributed by atoms with Crippen molar-refractivity contribution in [3.8, 4) is 0 Å². The molecule has 0 saturated heterocycles. The van der Waals surface area contributed by atoms with Crippen LogP contribution in [0.4, 0.5) is 4.39 Å². The van der Waals surface area contributed by atoms with Crippen molar-refractivity contribution in [3.05, 3.63) is 68.9 Å². The molecule has 0 aliphatic carbocycles. The van der Waals surface area contributed by atoms with E-state index in [1.54, 1.807) is 30.3 Å². The Morgan fingerprint density at radius 1 is 1.22 bits per heavy atom. The van der Waals surface area contributed by atoms with Gasteiger partial charge in [0.2, 0.25) is 0 Å². The van der Waals surface area contributed by atoms with Crippen molar-refractivity contribution in [3.63, 3.8) is 0 Å². The first-order valence-corrected chi connectivity index (χ1v) is 6.46. The Morgan fingerprint density at radius 3 is 2.67 bits per heavy atom. The molecule has 0 radical (unpaired) electrons. The van der Waals surface area contributed by atoms with E-state index in [-0.39, 0.29) is 18.0 Å². The third kappa shape index (κ3) is 2.98. The molecule has 0 aliphatic rings. The number of benzene rings is 2. The lowest BCUT2D eigenvalue weighted by atomic mass is 10.0. The zero-order chi connectivity index (χ0) is 13.1. The van der Waals surface area contributed by atoms with Crippen molar-refractivity contribution in [1.29, 1.82) is 0 Å². The first-order valence-electron chi connectivity index (χ1n) is 5.29. The summed E-state index contributed by atoms with van der Waals surface area (Å²) in [4.78, 5) is 12.1. The molecule has 0 fully saturated rings. The number of hydrogen-bond donors (Lipinski definition) is 0. The van der Waals surface area contributed by atoms with Crippen LogP contribution in [0.1, 0.15) is 15.9 Å². The lowest BCUT2D eigenvalue weighted by Gasteiger charge is -2.05. The molecule has 0 aromatic heterocycles. The number of ketones is 1. The highest BCUT2D eigenvalue weighted by Crippen LogP contribution is 2.22. The van der Waals surface area contributed by atoms with Crippen LogP contribution in [0.5, 0.6) is 0 Å². The summed E-state index contributed by atoms with van der Waals surface area (Å²) in [6.07, 6.45) is 0.113. The SMILES string of the molecule is O=C(Cc1cc(F)ccc1Br)c1ccccc1Cl. The summed E-state index contributed by atoms with van der Waals surface area (Å²) in [5.41, 5.74) is 1.07. The molecule has 4 heteroatoms. The van der Waals surface area contributed by atoms with Gasteiger partial charge in [-0.25, -0.2) is 4.39 Å². The molecule has 0 amide bonds. The minimum Gasteiger partial charge on any atom is -0.294 e. The summed E-state index contributed by atoms with van der Waals surface area (Å²) in [7, 11) is 0. The predicted octanol–water partition coefficient (Wildman–Crippen LogP) is 4.67. The second-order valence-corrected chi connectivity index (χ2v) is 5.08. The average molecular weight is 328 g/mol. The van der Waals surface area contributed by atoms with E-state index in [4.69, 9.17) is 11.6 Å². The Hall–Kier alpha value is -1.19. The monoisotopic (exact) mass is 326 g/mol. The van der Waals surface area contributed by atoms with Crippen LogP contribution in [-0.2, 0) is 6.42 Å². The highest BCUT2D eigenvalue weighted by molar-refractivity contribution is 9.10. The van der Waals surface area contributed by atoms with E-state index in [2.05, 4.69) is 15.9 Å². The summed E-state index contributed by atoms with van der Waals surface area (Å²) >= 11 is 9.25.